The van der Waals surface area contributed by atoms with Crippen LogP contribution in [0.25, 0.3) is 10.9 Å². The molecule has 6 N–H and O–H groups in total. The van der Waals surface area contributed by atoms with Crippen LogP contribution in [0, 0.1) is 11.3 Å². The predicted octanol–water partition coefficient (Wildman–Crippen LogP) is 0.873. The number of hydrogen-bond acceptors (Lipinski definition) is 13. The number of aliphatic hydroxyl groups is 2. The average Bonchev–Trinajstić information content (AvgIpc) is 3.17. The van der Waals surface area contributed by atoms with E-state index < -0.39 is 61.9 Å². The first-order valence-electron chi connectivity index (χ1n) is 12.5. The van der Waals surface area contributed by atoms with Crippen LogP contribution in [-0.4, -0.2) is 68.2 Å². The molecule has 0 bridgehead atoms. The van der Waals surface area contributed by atoms with Crippen molar-refractivity contribution in [2.45, 2.75) is 56.8 Å². The Morgan fingerprint density at radius 3 is 2.66 bits per heavy atom. The van der Waals surface area contributed by atoms with Gasteiger partial charge in [-0.05, 0) is 39.0 Å². The molecule has 218 valence electrons. The van der Waals surface area contributed by atoms with Crippen LogP contribution in [0.3, 0.4) is 0 Å². The maximum Gasteiger partial charge on any atom is 0.459 e. The number of ether oxygens (including phenoxy) is 2. The number of nitrogens with one attached hydrogen (secondary N) is 2. The molecule has 0 aliphatic carbocycles. The van der Waals surface area contributed by atoms with Gasteiger partial charge in [-0.1, -0.05) is 18.2 Å². The molecule has 0 saturated carbocycles. The van der Waals surface area contributed by atoms with Crippen molar-refractivity contribution in [1.82, 2.24) is 20.0 Å². The zero-order valence-corrected chi connectivity index (χ0v) is 23.1. The summed E-state index contributed by atoms with van der Waals surface area (Å²) in [6.45, 7) is 4.03. The summed E-state index contributed by atoms with van der Waals surface area (Å²) in [7, 11) is -4.36. The number of benzene rings is 1. The largest absolute Gasteiger partial charge is 0.462 e. The van der Waals surface area contributed by atoms with E-state index in [1.54, 1.807) is 32.0 Å². The van der Waals surface area contributed by atoms with E-state index >= 15 is 0 Å². The number of esters is 1. The van der Waals surface area contributed by atoms with Crippen molar-refractivity contribution in [2.75, 3.05) is 12.3 Å². The van der Waals surface area contributed by atoms with Gasteiger partial charge in [0, 0.05) is 5.39 Å². The molecule has 3 heterocycles. The number of anilines is 1. The molecule has 0 amide bonds. The van der Waals surface area contributed by atoms with E-state index in [4.69, 9.17) is 24.3 Å². The third-order valence-corrected chi connectivity index (χ3v) is 7.71. The Morgan fingerprint density at radius 2 is 2.00 bits per heavy atom. The quantitative estimate of drug-likeness (QED) is 0.163. The Bertz CT molecular complexity index is 1560. The second-order valence-electron chi connectivity index (χ2n) is 9.51. The van der Waals surface area contributed by atoms with Crippen LogP contribution >= 0.6 is 7.75 Å². The van der Waals surface area contributed by atoms with E-state index in [1.807, 2.05) is 6.07 Å². The number of hydrogen-bond donors (Lipinski definition) is 5. The number of fused-ring (bicyclic) bond motifs is 1. The average molecular weight is 589 g/mol. The number of nitriles is 1. The summed E-state index contributed by atoms with van der Waals surface area (Å²) in [5, 5.41) is 34.5. The lowest BCUT2D eigenvalue weighted by molar-refractivity contribution is -0.149. The van der Waals surface area contributed by atoms with E-state index in [0.717, 1.165) is 6.33 Å². The molecule has 2 aromatic heterocycles. The SMILES string of the molecule is CC(C)OC(=O)C(C)NP(=O)(OC[C@H]1O[C@@](C#N)(c2ncnc3c(=O)[nH]c(N)cc23)[C@H](O)[C@@H]1O)Oc1ccccc1. The first kappa shape index (κ1) is 30.1. The third-order valence-electron chi connectivity index (χ3n) is 6.07. The van der Waals surface area contributed by atoms with Crippen LogP contribution in [0.1, 0.15) is 26.5 Å². The normalized spacial score (nSPS) is 24.5. The van der Waals surface area contributed by atoms with E-state index in [9.17, 15) is 29.6 Å². The molecular formula is C25H29N6O9P. The van der Waals surface area contributed by atoms with Crippen molar-refractivity contribution >= 4 is 30.4 Å². The van der Waals surface area contributed by atoms with E-state index in [1.165, 1.54) is 25.1 Å². The molecule has 15 nitrogen and oxygen atoms in total. The van der Waals surface area contributed by atoms with Gasteiger partial charge in [0.2, 0.25) is 5.60 Å². The molecule has 0 spiro atoms. The van der Waals surface area contributed by atoms with Gasteiger partial charge < -0.3 is 34.9 Å². The molecule has 1 aliphatic rings. The number of nitrogens with two attached hydrogens (primary N) is 1. The van der Waals surface area contributed by atoms with Crippen LogP contribution < -0.4 is 20.9 Å². The molecule has 1 aromatic carbocycles. The zero-order chi connectivity index (χ0) is 29.9. The predicted molar refractivity (Wildman–Crippen MR) is 143 cm³/mol. The molecule has 41 heavy (non-hydrogen) atoms. The molecule has 6 atom stereocenters. The fourth-order valence-electron chi connectivity index (χ4n) is 4.19. The highest BCUT2D eigenvalue weighted by Gasteiger charge is 2.58. The van der Waals surface area contributed by atoms with Crippen LogP contribution in [0.2, 0.25) is 0 Å². The van der Waals surface area contributed by atoms with E-state index in [2.05, 4.69) is 20.0 Å². The lowest BCUT2D eigenvalue weighted by Gasteiger charge is -2.26. The lowest BCUT2D eigenvalue weighted by Crippen LogP contribution is -2.41. The summed E-state index contributed by atoms with van der Waals surface area (Å²) in [5.41, 5.74) is 2.46. The molecule has 3 aromatic rings. The van der Waals surface area contributed by atoms with Gasteiger partial charge in [0.15, 0.2) is 0 Å². The lowest BCUT2D eigenvalue weighted by atomic mass is 9.90. The third kappa shape index (κ3) is 6.23. The molecule has 16 heteroatoms. The van der Waals surface area contributed by atoms with Crippen molar-refractivity contribution in [3.63, 3.8) is 0 Å². The van der Waals surface area contributed by atoms with Gasteiger partial charge in [0.25, 0.3) is 5.56 Å². The van der Waals surface area contributed by atoms with Crippen molar-refractivity contribution in [3.8, 4) is 11.8 Å². The number of para-hydroxylation sites is 1. The van der Waals surface area contributed by atoms with E-state index in [0.29, 0.717) is 0 Å². The van der Waals surface area contributed by atoms with Gasteiger partial charge >= 0.3 is 13.7 Å². The minimum Gasteiger partial charge on any atom is -0.462 e. The van der Waals surface area contributed by atoms with Crippen molar-refractivity contribution in [2.24, 2.45) is 0 Å². The number of aromatic amines is 1. The Labute approximate surface area is 233 Å². The van der Waals surface area contributed by atoms with Crippen LogP contribution in [0.15, 0.2) is 47.5 Å². The minimum atomic E-state index is -4.36. The molecule has 4 rings (SSSR count). The summed E-state index contributed by atoms with van der Waals surface area (Å²) < 4.78 is 35.9. The van der Waals surface area contributed by atoms with Gasteiger partial charge in [-0.2, -0.15) is 10.3 Å². The molecule has 0 radical (unpaired) electrons. The second kappa shape index (κ2) is 11.9. The maximum absolute atomic E-state index is 13.8. The smallest absolute Gasteiger partial charge is 0.459 e. The van der Waals surface area contributed by atoms with Crippen LogP contribution in [-0.2, 0) is 29.0 Å². The highest BCUT2D eigenvalue weighted by Crippen LogP contribution is 2.47. The molecule has 2 unspecified atom stereocenters. The number of pyridine rings is 1. The number of nitrogen functional groups attached to an aromatic ring is 1. The molecular weight excluding hydrogens is 559 g/mol. The fraction of sp³-hybridized carbons (Fsp3) is 0.400. The number of nitrogens with zero attached hydrogens (tertiary/aromatic N) is 3. The maximum atomic E-state index is 13.8. The monoisotopic (exact) mass is 588 g/mol. The second-order valence-corrected chi connectivity index (χ2v) is 11.2. The topological polar surface area (TPSA) is 232 Å². The Kier molecular flexibility index (Phi) is 8.74. The summed E-state index contributed by atoms with van der Waals surface area (Å²) in [5.74, 6) is -0.640. The number of aromatic nitrogens is 3. The zero-order valence-electron chi connectivity index (χ0n) is 22.3. The minimum absolute atomic E-state index is 0.0142. The first-order chi connectivity index (χ1) is 19.4. The Hall–Kier alpha value is -3.90. The van der Waals surface area contributed by atoms with Gasteiger partial charge in [-0.25, -0.2) is 14.5 Å². The van der Waals surface area contributed by atoms with Gasteiger partial charge in [0.1, 0.15) is 59.5 Å². The van der Waals surface area contributed by atoms with Gasteiger partial charge in [0.05, 0.1) is 12.7 Å². The van der Waals surface area contributed by atoms with Crippen LogP contribution in [0.4, 0.5) is 5.82 Å². The van der Waals surface area contributed by atoms with Crippen molar-refractivity contribution < 1.29 is 38.1 Å². The number of carbonyl (C=O) groups excluding carboxylic acids is 1. The Morgan fingerprint density at radius 1 is 1.29 bits per heavy atom. The highest BCUT2D eigenvalue weighted by atomic mass is 31.2. The van der Waals surface area contributed by atoms with E-state index in [-0.39, 0.29) is 28.2 Å². The number of H-pyrrole nitrogens is 1. The van der Waals surface area contributed by atoms with Crippen molar-refractivity contribution in [3.05, 3.63) is 58.8 Å². The number of rotatable bonds is 10. The standard InChI is InChI=1S/C25H29N6O9P/c1-13(2)38-24(35)14(3)31-41(36,40-15-7-5-4-6-8-15)37-10-17-20(32)22(33)25(11-26,39-17)21-16-9-18(27)30-23(34)19(16)28-12-29-21/h4-9,12-14,17,20,22,32-33H,10H2,1-3H3,(H,31,36)(H3,27,30,34)/t14?,17-,20-,22-,25+,41?/m1/s1. The summed E-state index contributed by atoms with van der Waals surface area (Å²) in [6.07, 6.45) is -4.51. The summed E-state index contributed by atoms with van der Waals surface area (Å²) in [4.78, 5) is 35.1. The molecule has 1 aliphatic heterocycles. The van der Waals surface area contributed by atoms with Gasteiger partial charge in [-0.15, -0.1) is 0 Å². The summed E-state index contributed by atoms with van der Waals surface area (Å²) >= 11 is 0. The number of aliphatic hydroxyl groups excluding tert-OH is 2. The molecule has 1 saturated heterocycles. The van der Waals surface area contributed by atoms with Crippen molar-refractivity contribution in [1.29, 1.82) is 5.26 Å². The van der Waals surface area contributed by atoms with Crippen LogP contribution in [0.5, 0.6) is 5.75 Å². The number of carbonyl (C=O) groups is 1. The first-order valence-corrected chi connectivity index (χ1v) is 14.0. The fourth-order valence-corrected chi connectivity index (χ4v) is 5.70. The summed E-state index contributed by atoms with van der Waals surface area (Å²) in [6, 6.07) is 9.96. The molecule has 1 fully saturated rings. The van der Waals surface area contributed by atoms with Gasteiger partial charge in [-0.3, -0.25) is 14.1 Å². The highest BCUT2D eigenvalue weighted by molar-refractivity contribution is 7.52. The Balaban J connectivity index is 1.62.